The number of ether oxygens (including phenoxy) is 2. The Morgan fingerprint density at radius 1 is 1.29 bits per heavy atom. The molecule has 0 saturated carbocycles. The van der Waals surface area contributed by atoms with Gasteiger partial charge in [0.1, 0.15) is 12.1 Å². The third kappa shape index (κ3) is 4.70. The van der Waals surface area contributed by atoms with Gasteiger partial charge in [-0.05, 0) is 20.8 Å². The number of amides is 1. The minimum absolute atomic E-state index is 0.131. The van der Waals surface area contributed by atoms with Crippen molar-refractivity contribution >= 4 is 11.9 Å². The molecule has 0 saturated heterocycles. The van der Waals surface area contributed by atoms with Crippen molar-refractivity contribution in [1.29, 1.82) is 0 Å². The quantitative estimate of drug-likeness (QED) is 0.627. The molecule has 0 aliphatic carbocycles. The molecule has 17 heavy (non-hydrogen) atoms. The van der Waals surface area contributed by atoms with Crippen LogP contribution in [0.2, 0.25) is 0 Å². The molecule has 0 radical (unpaired) electrons. The molecule has 0 aliphatic heterocycles. The number of carbonyl (C=O) groups is 2. The van der Waals surface area contributed by atoms with Gasteiger partial charge >= 0.3 is 5.97 Å². The Labute approximate surface area is 101 Å². The van der Waals surface area contributed by atoms with Crippen LogP contribution in [0.3, 0.4) is 0 Å². The number of aliphatic carboxylic acids is 1. The van der Waals surface area contributed by atoms with Crippen molar-refractivity contribution in [2.24, 2.45) is 0 Å². The third-order valence-electron chi connectivity index (χ3n) is 2.47. The molecule has 0 bridgehead atoms. The molecule has 0 fully saturated rings. The number of nitrogens with zero attached hydrogens (tertiary/aromatic N) is 1. The lowest BCUT2D eigenvalue weighted by Crippen LogP contribution is -2.54. The number of hydrogen-bond acceptors (Lipinski definition) is 4. The normalized spacial score (nSPS) is 11.3. The van der Waals surface area contributed by atoms with Crippen LogP contribution in [0.4, 0.5) is 0 Å². The molecule has 100 valence electrons. The van der Waals surface area contributed by atoms with Crippen LogP contribution in [0.1, 0.15) is 20.8 Å². The zero-order valence-electron chi connectivity index (χ0n) is 10.9. The second-order valence-electron chi connectivity index (χ2n) is 4.05. The van der Waals surface area contributed by atoms with E-state index in [2.05, 4.69) is 0 Å². The molecule has 0 aromatic heterocycles. The van der Waals surface area contributed by atoms with Gasteiger partial charge < -0.3 is 19.5 Å². The van der Waals surface area contributed by atoms with Crippen LogP contribution in [0.5, 0.6) is 0 Å². The van der Waals surface area contributed by atoms with Crippen molar-refractivity contribution in [2.45, 2.75) is 26.3 Å². The van der Waals surface area contributed by atoms with Gasteiger partial charge in [-0.2, -0.15) is 0 Å². The van der Waals surface area contributed by atoms with E-state index in [-0.39, 0.29) is 12.5 Å². The van der Waals surface area contributed by atoms with Crippen LogP contribution in [0.15, 0.2) is 0 Å². The number of carboxylic acid groups (broad SMARTS) is 1. The van der Waals surface area contributed by atoms with Crippen molar-refractivity contribution in [2.75, 3.05) is 33.5 Å². The summed E-state index contributed by atoms with van der Waals surface area (Å²) in [6, 6.07) is 0. The topological polar surface area (TPSA) is 76.1 Å². The van der Waals surface area contributed by atoms with Gasteiger partial charge in [-0.15, -0.1) is 0 Å². The molecule has 6 nitrogen and oxygen atoms in total. The number of hydrogen-bond donors (Lipinski definition) is 1. The van der Waals surface area contributed by atoms with E-state index in [1.54, 1.807) is 6.92 Å². The number of carboxylic acids is 1. The lowest BCUT2D eigenvalue weighted by Gasteiger charge is -2.34. The van der Waals surface area contributed by atoms with Gasteiger partial charge in [0.25, 0.3) is 0 Å². The van der Waals surface area contributed by atoms with Crippen LogP contribution in [0.25, 0.3) is 0 Å². The van der Waals surface area contributed by atoms with Crippen LogP contribution in [0, 0.1) is 0 Å². The Morgan fingerprint density at radius 2 is 1.88 bits per heavy atom. The monoisotopic (exact) mass is 247 g/mol. The fourth-order valence-corrected chi connectivity index (χ4v) is 1.38. The summed E-state index contributed by atoms with van der Waals surface area (Å²) in [7, 11) is 1.54. The van der Waals surface area contributed by atoms with Crippen molar-refractivity contribution in [3.05, 3.63) is 0 Å². The van der Waals surface area contributed by atoms with E-state index >= 15 is 0 Å². The largest absolute Gasteiger partial charge is 0.480 e. The van der Waals surface area contributed by atoms with Crippen LogP contribution < -0.4 is 0 Å². The van der Waals surface area contributed by atoms with E-state index in [0.717, 1.165) is 0 Å². The first-order valence-corrected chi connectivity index (χ1v) is 5.48. The summed E-state index contributed by atoms with van der Waals surface area (Å²) in [5, 5.41) is 9.05. The zero-order chi connectivity index (χ0) is 13.5. The smallest absolute Gasteiger partial charge is 0.329 e. The number of rotatable bonds is 8. The van der Waals surface area contributed by atoms with Gasteiger partial charge in [0.2, 0.25) is 5.91 Å². The van der Waals surface area contributed by atoms with Gasteiger partial charge in [-0.1, -0.05) is 0 Å². The molecule has 0 atom stereocenters. The molecule has 0 aromatic carbocycles. The number of carbonyl (C=O) groups excluding carboxylic acids is 1. The molecule has 0 unspecified atom stereocenters. The standard InChI is InChI=1S/C11H21NO5/c1-5-12(11(2,3)10(14)15)9(13)8-17-7-6-16-4/h5-8H2,1-4H3,(H,14,15). The molecule has 1 amide bonds. The van der Waals surface area contributed by atoms with Gasteiger partial charge in [-0.25, -0.2) is 4.79 Å². The van der Waals surface area contributed by atoms with Crippen molar-refractivity contribution in [3.63, 3.8) is 0 Å². The highest BCUT2D eigenvalue weighted by molar-refractivity contribution is 5.86. The molecular formula is C11H21NO5. The highest BCUT2D eigenvalue weighted by atomic mass is 16.5. The average Bonchev–Trinajstić information content (AvgIpc) is 2.24. The van der Waals surface area contributed by atoms with Crippen molar-refractivity contribution in [3.8, 4) is 0 Å². The predicted molar refractivity (Wildman–Crippen MR) is 61.8 cm³/mol. The van der Waals surface area contributed by atoms with E-state index in [1.165, 1.54) is 25.9 Å². The zero-order valence-corrected chi connectivity index (χ0v) is 10.9. The van der Waals surface area contributed by atoms with Crippen LogP contribution in [-0.4, -0.2) is 60.9 Å². The summed E-state index contributed by atoms with van der Waals surface area (Å²) in [6.45, 7) is 5.63. The van der Waals surface area contributed by atoms with E-state index in [1.807, 2.05) is 0 Å². The summed E-state index contributed by atoms with van der Waals surface area (Å²) in [4.78, 5) is 24.1. The summed E-state index contributed by atoms with van der Waals surface area (Å²) in [6.07, 6.45) is 0. The van der Waals surface area contributed by atoms with Gasteiger partial charge in [-0.3, -0.25) is 4.79 Å². The van der Waals surface area contributed by atoms with Gasteiger partial charge in [0.15, 0.2) is 0 Å². The van der Waals surface area contributed by atoms with Crippen LogP contribution >= 0.6 is 0 Å². The van der Waals surface area contributed by atoms with E-state index in [9.17, 15) is 9.59 Å². The first kappa shape index (κ1) is 15.9. The summed E-state index contributed by atoms with van der Waals surface area (Å²) < 4.78 is 9.86. The lowest BCUT2D eigenvalue weighted by molar-refractivity contribution is -0.158. The predicted octanol–water partition coefficient (Wildman–Crippen LogP) is 0.361. The first-order chi connectivity index (χ1) is 7.87. The van der Waals surface area contributed by atoms with E-state index in [4.69, 9.17) is 14.6 Å². The van der Waals surface area contributed by atoms with Crippen LogP contribution in [-0.2, 0) is 19.1 Å². The van der Waals surface area contributed by atoms with Crippen molar-refractivity contribution < 1.29 is 24.2 Å². The van der Waals surface area contributed by atoms with E-state index < -0.39 is 11.5 Å². The Morgan fingerprint density at radius 3 is 2.29 bits per heavy atom. The summed E-state index contributed by atoms with van der Waals surface area (Å²) >= 11 is 0. The molecule has 0 rings (SSSR count). The van der Waals surface area contributed by atoms with Crippen molar-refractivity contribution in [1.82, 2.24) is 4.90 Å². The summed E-state index contributed by atoms with van der Waals surface area (Å²) in [5.74, 6) is -1.37. The fraction of sp³-hybridized carbons (Fsp3) is 0.818. The molecule has 0 heterocycles. The number of methoxy groups -OCH3 is 1. The average molecular weight is 247 g/mol. The number of likely N-dealkylation sites (N-methyl/N-ethyl adjacent to an activating group) is 1. The third-order valence-corrected chi connectivity index (χ3v) is 2.47. The maximum Gasteiger partial charge on any atom is 0.329 e. The molecule has 0 aliphatic rings. The molecule has 1 N–H and O–H groups in total. The molecular weight excluding hydrogens is 226 g/mol. The first-order valence-electron chi connectivity index (χ1n) is 5.48. The molecule has 6 heteroatoms. The Kier molecular flexibility index (Phi) is 6.75. The minimum Gasteiger partial charge on any atom is -0.480 e. The van der Waals surface area contributed by atoms with E-state index in [0.29, 0.717) is 19.8 Å². The molecule has 0 spiro atoms. The molecule has 0 aromatic rings. The highest BCUT2D eigenvalue weighted by Gasteiger charge is 2.36. The Bertz CT molecular complexity index is 265. The maximum absolute atomic E-state index is 11.8. The van der Waals surface area contributed by atoms with Gasteiger partial charge in [0, 0.05) is 13.7 Å². The second-order valence-corrected chi connectivity index (χ2v) is 4.05. The maximum atomic E-state index is 11.8. The minimum atomic E-state index is -1.23. The Balaban J connectivity index is 4.36. The van der Waals surface area contributed by atoms with Gasteiger partial charge in [0.05, 0.1) is 13.2 Å². The summed E-state index contributed by atoms with van der Waals surface area (Å²) in [5.41, 5.74) is -1.23. The highest BCUT2D eigenvalue weighted by Crippen LogP contribution is 2.14. The Hall–Kier alpha value is -1.14. The SMILES string of the molecule is CCN(C(=O)COCCOC)C(C)(C)C(=O)O. The fourth-order valence-electron chi connectivity index (χ4n) is 1.38. The second kappa shape index (κ2) is 7.24. The lowest BCUT2D eigenvalue weighted by atomic mass is 10.0.